The smallest absolute Gasteiger partial charge is 0.0413 e. The molecule has 0 spiro atoms. The fraction of sp³-hybridized carbons (Fsp3) is 0.733. The Kier molecular flexibility index (Phi) is 5.22. The molecule has 2 heterocycles. The van der Waals surface area contributed by atoms with Crippen LogP contribution in [0.2, 0.25) is 0 Å². The summed E-state index contributed by atoms with van der Waals surface area (Å²) in [4.78, 5) is 5.58. The van der Waals surface area contributed by atoms with Crippen molar-refractivity contribution in [2.75, 3.05) is 26.2 Å². The summed E-state index contributed by atoms with van der Waals surface area (Å²) in [5.41, 5.74) is 0. The Morgan fingerprint density at radius 2 is 2.11 bits per heavy atom. The number of piperidine rings is 1. The molecule has 0 bridgehead atoms. The Hall–Kier alpha value is -0.380. The lowest BCUT2D eigenvalue weighted by Crippen LogP contribution is -2.37. The predicted molar refractivity (Wildman–Crippen MR) is 80.3 cm³/mol. The summed E-state index contributed by atoms with van der Waals surface area (Å²) in [7, 11) is 0. The van der Waals surface area contributed by atoms with Gasteiger partial charge in [0.05, 0.1) is 0 Å². The molecule has 1 aliphatic rings. The Bertz CT molecular complexity index is 355. The van der Waals surface area contributed by atoms with E-state index in [9.17, 15) is 0 Å². The molecule has 0 amide bonds. The maximum absolute atomic E-state index is 3.45. The number of thiophene rings is 1. The number of nitrogens with zero attached hydrogens (tertiary/aromatic N) is 1. The molecule has 0 radical (unpaired) electrons. The van der Waals surface area contributed by atoms with Gasteiger partial charge in [0, 0.05) is 22.3 Å². The van der Waals surface area contributed by atoms with Gasteiger partial charge < -0.3 is 5.32 Å². The van der Waals surface area contributed by atoms with Crippen molar-refractivity contribution in [3.05, 3.63) is 21.9 Å². The standard InChI is InChI=1S/C15H26N2S/c1-4-17(11-14-7-9-16-10-8-14)13(3)15-6-5-12(2)18-15/h5-6,13-14,16H,4,7-11H2,1-3H3. The van der Waals surface area contributed by atoms with Gasteiger partial charge in [-0.1, -0.05) is 6.92 Å². The molecule has 0 saturated carbocycles. The number of hydrogen-bond donors (Lipinski definition) is 1. The van der Waals surface area contributed by atoms with E-state index in [2.05, 4.69) is 43.1 Å². The average molecular weight is 266 g/mol. The molecule has 0 aliphatic carbocycles. The third-order valence-electron chi connectivity index (χ3n) is 4.08. The topological polar surface area (TPSA) is 15.3 Å². The second kappa shape index (κ2) is 6.69. The van der Waals surface area contributed by atoms with Crippen LogP contribution in [0.1, 0.15) is 42.5 Å². The van der Waals surface area contributed by atoms with Gasteiger partial charge in [-0.25, -0.2) is 0 Å². The summed E-state index contributed by atoms with van der Waals surface area (Å²) in [6.07, 6.45) is 2.68. The summed E-state index contributed by atoms with van der Waals surface area (Å²) < 4.78 is 0. The van der Waals surface area contributed by atoms with Crippen LogP contribution in [0.25, 0.3) is 0 Å². The lowest BCUT2D eigenvalue weighted by atomic mass is 9.97. The maximum atomic E-state index is 3.45. The van der Waals surface area contributed by atoms with Gasteiger partial charge >= 0.3 is 0 Å². The summed E-state index contributed by atoms with van der Waals surface area (Å²) in [5.74, 6) is 0.884. The highest BCUT2D eigenvalue weighted by Gasteiger charge is 2.21. The van der Waals surface area contributed by atoms with Gasteiger partial charge in [0.15, 0.2) is 0 Å². The Morgan fingerprint density at radius 3 is 2.67 bits per heavy atom. The molecule has 1 aliphatic heterocycles. The summed E-state index contributed by atoms with van der Waals surface area (Å²) >= 11 is 1.95. The maximum Gasteiger partial charge on any atom is 0.0413 e. The minimum atomic E-state index is 0.573. The Balaban J connectivity index is 1.94. The van der Waals surface area contributed by atoms with E-state index in [1.807, 2.05) is 11.3 Å². The van der Waals surface area contributed by atoms with Crippen molar-refractivity contribution in [3.63, 3.8) is 0 Å². The molecule has 1 atom stereocenters. The van der Waals surface area contributed by atoms with Crippen LogP contribution in [0.5, 0.6) is 0 Å². The van der Waals surface area contributed by atoms with E-state index in [0.29, 0.717) is 6.04 Å². The monoisotopic (exact) mass is 266 g/mol. The van der Waals surface area contributed by atoms with E-state index in [-0.39, 0.29) is 0 Å². The van der Waals surface area contributed by atoms with E-state index < -0.39 is 0 Å². The SMILES string of the molecule is CCN(CC1CCNCC1)C(C)c1ccc(C)s1. The van der Waals surface area contributed by atoms with Gasteiger partial charge in [-0.15, -0.1) is 11.3 Å². The third kappa shape index (κ3) is 3.56. The van der Waals surface area contributed by atoms with Crippen molar-refractivity contribution >= 4 is 11.3 Å². The minimum Gasteiger partial charge on any atom is -0.317 e. The molecule has 1 N–H and O–H groups in total. The molecular formula is C15H26N2S. The van der Waals surface area contributed by atoms with E-state index in [4.69, 9.17) is 0 Å². The first-order valence-corrected chi connectivity index (χ1v) is 8.03. The second-order valence-corrected chi connectivity index (χ2v) is 6.72. The van der Waals surface area contributed by atoms with Gasteiger partial charge in [-0.3, -0.25) is 4.90 Å². The molecule has 1 aromatic heterocycles. The van der Waals surface area contributed by atoms with Gasteiger partial charge in [0.25, 0.3) is 0 Å². The molecule has 1 saturated heterocycles. The first-order valence-electron chi connectivity index (χ1n) is 7.21. The third-order valence-corrected chi connectivity index (χ3v) is 5.25. The summed E-state index contributed by atoms with van der Waals surface area (Å²) in [6, 6.07) is 5.12. The summed E-state index contributed by atoms with van der Waals surface area (Å²) in [6.45, 7) is 11.7. The van der Waals surface area contributed by atoms with E-state index >= 15 is 0 Å². The molecule has 1 aromatic rings. The highest BCUT2D eigenvalue weighted by atomic mass is 32.1. The van der Waals surface area contributed by atoms with Crippen molar-refractivity contribution in [2.24, 2.45) is 5.92 Å². The zero-order valence-corrected chi connectivity index (χ0v) is 12.7. The lowest BCUT2D eigenvalue weighted by molar-refractivity contribution is 0.171. The number of nitrogens with one attached hydrogen (secondary N) is 1. The van der Waals surface area contributed by atoms with E-state index in [0.717, 1.165) is 12.5 Å². The Morgan fingerprint density at radius 1 is 1.39 bits per heavy atom. The average Bonchev–Trinajstić information content (AvgIpc) is 2.83. The van der Waals surface area contributed by atoms with Crippen LogP contribution < -0.4 is 5.32 Å². The fourth-order valence-electron chi connectivity index (χ4n) is 2.81. The van der Waals surface area contributed by atoms with Crippen LogP contribution in [-0.2, 0) is 0 Å². The van der Waals surface area contributed by atoms with E-state index in [1.165, 1.54) is 42.2 Å². The van der Waals surface area contributed by atoms with Crippen LogP contribution in [0.15, 0.2) is 12.1 Å². The van der Waals surface area contributed by atoms with Crippen molar-refractivity contribution in [1.82, 2.24) is 10.2 Å². The molecule has 2 nitrogen and oxygen atoms in total. The first-order chi connectivity index (χ1) is 8.70. The van der Waals surface area contributed by atoms with Gasteiger partial charge in [-0.2, -0.15) is 0 Å². The fourth-order valence-corrected chi connectivity index (χ4v) is 3.78. The Labute approximate surface area is 115 Å². The molecular weight excluding hydrogens is 240 g/mol. The molecule has 102 valence electrons. The van der Waals surface area contributed by atoms with Crippen molar-refractivity contribution in [1.29, 1.82) is 0 Å². The van der Waals surface area contributed by atoms with Crippen LogP contribution in [0.3, 0.4) is 0 Å². The van der Waals surface area contributed by atoms with Crippen molar-refractivity contribution in [2.45, 2.75) is 39.7 Å². The number of aryl methyl sites for hydroxylation is 1. The molecule has 18 heavy (non-hydrogen) atoms. The molecule has 0 aromatic carbocycles. The quantitative estimate of drug-likeness (QED) is 0.878. The van der Waals surface area contributed by atoms with Crippen molar-refractivity contribution in [3.8, 4) is 0 Å². The van der Waals surface area contributed by atoms with Crippen LogP contribution in [0.4, 0.5) is 0 Å². The largest absolute Gasteiger partial charge is 0.317 e. The number of rotatable bonds is 5. The van der Waals surface area contributed by atoms with Crippen LogP contribution >= 0.6 is 11.3 Å². The van der Waals surface area contributed by atoms with E-state index in [1.54, 1.807) is 0 Å². The van der Waals surface area contributed by atoms with Gasteiger partial charge in [-0.05, 0) is 64.4 Å². The highest BCUT2D eigenvalue weighted by molar-refractivity contribution is 7.12. The predicted octanol–water partition coefficient (Wildman–Crippen LogP) is 3.44. The first kappa shape index (κ1) is 14.0. The minimum absolute atomic E-state index is 0.573. The molecule has 2 rings (SSSR count). The summed E-state index contributed by atoms with van der Waals surface area (Å²) in [5, 5.41) is 3.45. The molecule has 1 unspecified atom stereocenters. The van der Waals surface area contributed by atoms with Crippen LogP contribution in [-0.4, -0.2) is 31.1 Å². The number of hydrogen-bond acceptors (Lipinski definition) is 3. The van der Waals surface area contributed by atoms with Gasteiger partial charge in [0.1, 0.15) is 0 Å². The highest BCUT2D eigenvalue weighted by Crippen LogP contribution is 2.28. The lowest BCUT2D eigenvalue weighted by Gasteiger charge is -2.33. The van der Waals surface area contributed by atoms with Crippen molar-refractivity contribution < 1.29 is 0 Å². The second-order valence-electron chi connectivity index (χ2n) is 5.41. The normalized spacial score (nSPS) is 19.3. The van der Waals surface area contributed by atoms with Gasteiger partial charge in [0.2, 0.25) is 0 Å². The van der Waals surface area contributed by atoms with Crippen LogP contribution in [0, 0.1) is 12.8 Å². The zero-order chi connectivity index (χ0) is 13.0. The molecule has 1 fully saturated rings. The zero-order valence-electron chi connectivity index (χ0n) is 11.9. The molecule has 3 heteroatoms.